The standard InChI is InChI=1S/C11H11NO3/c1-8-3-2-4-10-9(8)5-6-12(10)11(14)15-7-13/h2-6,13H,7H2,1H3. The van der Waals surface area contributed by atoms with Crippen LogP contribution in [0.3, 0.4) is 0 Å². The van der Waals surface area contributed by atoms with Crippen molar-refractivity contribution in [2.24, 2.45) is 0 Å². The zero-order chi connectivity index (χ0) is 10.8. The van der Waals surface area contributed by atoms with E-state index < -0.39 is 12.9 Å². The number of aryl methyl sites for hydroxylation is 1. The molecule has 0 aliphatic carbocycles. The molecule has 0 aliphatic heterocycles. The van der Waals surface area contributed by atoms with Gasteiger partial charge in [-0.2, -0.15) is 0 Å². The van der Waals surface area contributed by atoms with Crippen molar-refractivity contribution in [3.8, 4) is 0 Å². The monoisotopic (exact) mass is 205 g/mol. The summed E-state index contributed by atoms with van der Waals surface area (Å²) >= 11 is 0. The van der Waals surface area contributed by atoms with Gasteiger partial charge in [-0.05, 0) is 24.6 Å². The molecule has 1 aromatic carbocycles. The van der Waals surface area contributed by atoms with E-state index in [-0.39, 0.29) is 0 Å². The molecule has 78 valence electrons. The number of benzene rings is 1. The van der Waals surface area contributed by atoms with Crippen LogP contribution in [0.15, 0.2) is 30.5 Å². The largest absolute Gasteiger partial charge is 0.422 e. The molecule has 0 aliphatic rings. The first-order valence-corrected chi connectivity index (χ1v) is 4.58. The van der Waals surface area contributed by atoms with Gasteiger partial charge in [0, 0.05) is 11.6 Å². The summed E-state index contributed by atoms with van der Waals surface area (Å²) in [5.74, 6) is 0. The lowest BCUT2D eigenvalue weighted by Gasteiger charge is -2.03. The van der Waals surface area contributed by atoms with Crippen LogP contribution in [-0.2, 0) is 4.74 Å². The predicted molar refractivity (Wildman–Crippen MR) is 55.6 cm³/mol. The molecule has 1 heterocycles. The molecule has 0 bridgehead atoms. The normalized spacial score (nSPS) is 10.5. The SMILES string of the molecule is Cc1cccc2c1ccn2C(=O)OCO. The molecule has 2 aromatic rings. The van der Waals surface area contributed by atoms with Gasteiger partial charge in [0.15, 0.2) is 6.79 Å². The van der Waals surface area contributed by atoms with Crippen LogP contribution >= 0.6 is 0 Å². The zero-order valence-electron chi connectivity index (χ0n) is 8.30. The maximum atomic E-state index is 11.4. The van der Waals surface area contributed by atoms with Crippen LogP contribution in [-0.4, -0.2) is 22.6 Å². The van der Waals surface area contributed by atoms with Crippen LogP contribution < -0.4 is 0 Å². The van der Waals surface area contributed by atoms with Gasteiger partial charge >= 0.3 is 6.09 Å². The number of nitrogens with zero attached hydrogens (tertiary/aromatic N) is 1. The maximum Gasteiger partial charge on any atom is 0.420 e. The second-order valence-corrected chi connectivity index (χ2v) is 3.23. The van der Waals surface area contributed by atoms with Gasteiger partial charge in [-0.1, -0.05) is 12.1 Å². The van der Waals surface area contributed by atoms with Crippen molar-refractivity contribution in [3.05, 3.63) is 36.0 Å². The van der Waals surface area contributed by atoms with E-state index in [1.165, 1.54) is 4.57 Å². The third-order valence-corrected chi connectivity index (χ3v) is 2.34. The van der Waals surface area contributed by atoms with Crippen molar-refractivity contribution in [2.45, 2.75) is 6.92 Å². The van der Waals surface area contributed by atoms with Crippen LogP contribution in [0.5, 0.6) is 0 Å². The molecule has 15 heavy (non-hydrogen) atoms. The Labute approximate surface area is 86.7 Å². The highest BCUT2D eigenvalue weighted by atomic mass is 16.6. The fourth-order valence-electron chi connectivity index (χ4n) is 1.61. The third-order valence-electron chi connectivity index (χ3n) is 2.34. The van der Waals surface area contributed by atoms with E-state index >= 15 is 0 Å². The summed E-state index contributed by atoms with van der Waals surface area (Å²) < 4.78 is 5.89. The zero-order valence-corrected chi connectivity index (χ0v) is 8.30. The summed E-state index contributed by atoms with van der Waals surface area (Å²) in [7, 11) is 0. The van der Waals surface area contributed by atoms with Crippen LogP contribution in [0.4, 0.5) is 4.79 Å². The number of aliphatic hydroxyl groups excluding tert-OH is 1. The van der Waals surface area contributed by atoms with Crippen molar-refractivity contribution in [3.63, 3.8) is 0 Å². The Bertz CT molecular complexity index is 502. The molecule has 0 spiro atoms. The Kier molecular flexibility index (Phi) is 2.43. The van der Waals surface area contributed by atoms with Crippen molar-refractivity contribution in [1.82, 2.24) is 4.57 Å². The molecular weight excluding hydrogens is 194 g/mol. The van der Waals surface area contributed by atoms with Crippen LogP contribution in [0.1, 0.15) is 5.56 Å². The highest BCUT2D eigenvalue weighted by Gasteiger charge is 2.09. The minimum atomic E-state index is -0.607. The second kappa shape index (κ2) is 3.74. The average molecular weight is 205 g/mol. The molecule has 0 fully saturated rings. The molecule has 0 radical (unpaired) electrons. The van der Waals surface area contributed by atoms with Gasteiger partial charge in [0.2, 0.25) is 0 Å². The Morgan fingerprint density at radius 1 is 1.47 bits per heavy atom. The molecule has 0 unspecified atom stereocenters. The van der Waals surface area contributed by atoms with Crippen molar-refractivity contribution in [2.75, 3.05) is 6.79 Å². The smallest absolute Gasteiger partial charge is 0.420 e. The van der Waals surface area contributed by atoms with Gasteiger partial charge in [-0.15, -0.1) is 0 Å². The lowest BCUT2D eigenvalue weighted by molar-refractivity contribution is 0.0457. The number of fused-ring (bicyclic) bond motifs is 1. The topological polar surface area (TPSA) is 51.5 Å². The van der Waals surface area contributed by atoms with E-state index in [1.807, 2.05) is 31.2 Å². The number of hydrogen-bond acceptors (Lipinski definition) is 3. The van der Waals surface area contributed by atoms with Gasteiger partial charge in [0.1, 0.15) is 0 Å². The molecule has 1 N–H and O–H groups in total. The predicted octanol–water partition coefficient (Wildman–Crippen LogP) is 1.88. The fraction of sp³-hybridized carbons (Fsp3) is 0.182. The number of aromatic nitrogens is 1. The summed E-state index contributed by atoms with van der Waals surface area (Å²) in [6, 6.07) is 7.54. The Morgan fingerprint density at radius 2 is 2.27 bits per heavy atom. The third kappa shape index (κ3) is 1.59. The molecule has 0 saturated heterocycles. The first kappa shape index (κ1) is 9.73. The summed E-state index contributed by atoms with van der Waals surface area (Å²) in [6.07, 6.45) is 1.06. The Morgan fingerprint density at radius 3 is 3.00 bits per heavy atom. The van der Waals surface area contributed by atoms with Gasteiger partial charge in [0.05, 0.1) is 5.52 Å². The maximum absolute atomic E-state index is 11.4. The number of ether oxygens (including phenoxy) is 1. The first-order valence-electron chi connectivity index (χ1n) is 4.58. The lowest BCUT2D eigenvalue weighted by atomic mass is 10.1. The molecule has 4 nitrogen and oxygen atoms in total. The molecule has 1 aromatic heterocycles. The highest BCUT2D eigenvalue weighted by molar-refractivity contribution is 5.91. The van der Waals surface area contributed by atoms with E-state index in [0.29, 0.717) is 0 Å². The van der Waals surface area contributed by atoms with Crippen LogP contribution in [0.25, 0.3) is 10.9 Å². The number of carbonyl (C=O) groups excluding carboxylic acids is 1. The van der Waals surface area contributed by atoms with E-state index in [0.717, 1.165) is 16.5 Å². The highest BCUT2D eigenvalue weighted by Crippen LogP contribution is 2.19. The molecular formula is C11H11NO3. The number of rotatable bonds is 1. The van der Waals surface area contributed by atoms with Gasteiger partial charge in [-0.25, -0.2) is 4.79 Å². The minimum Gasteiger partial charge on any atom is -0.422 e. The van der Waals surface area contributed by atoms with E-state index in [9.17, 15) is 4.79 Å². The Balaban J connectivity index is 2.54. The fourth-order valence-corrected chi connectivity index (χ4v) is 1.61. The lowest BCUT2D eigenvalue weighted by Crippen LogP contribution is -2.12. The number of aliphatic hydroxyl groups is 1. The minimum absolute atomic E-state index is 0.571. The van der Waals surface area contributed by atoms with Crippen LogP contribution in [0.2, 0.25) is 0 Å². The quantitative estimate of drug-likeness (QED) is 0.723. The van der Waals surface area contributed by atoms with E-state index in [2.05, 4.69) is 4.74 Å². The van der Waals surface area contributed by atoms with Gasteiger partial charge < -0.3 is 9.84 Å². The molecule has 0 atom stereocenters. The van der Waals surface area contributed by atoms with E-state index in [1.54, 1.807) is 6.20 Å². The summed E-state index contributed by atoms with van der Waals surface area (Å²) in [5.41, 5.74) is 1.89. The van der Waals surface area contributed by atoms with E-state index in [4.69, 9.17) is 5.11 Å². The molecule has 4 heteroatoms. The second-order valence-electron chi connectivity index (χ2n) is 3.23. The summed E-state index contributed by atoms with van der Waals surface area (Å²) in [6.45, 7) is 1.37. The molecule has 0 amide bonds. The van der Waals surface area contributed by atoms with Crippen molar-refractivity contribution < 1.29 is 14.6 Å². The first-order chi connectivity index (χ1) is 7.24. The summed E-state index contributed by atoms with van der Waals surface area (Å²) in [4.78, 5) is 11.4. The summed E-state index contributed by atoms with van der Waals surface area (Å²) in [5, 5.41) is 9.51. The number of hydrogen-bond donors (Lipinski definition) is 1. The number of carbonyl (C=O) groups is 1. The van der Waals surface area contributed by atoms with Crippen molar-refractivity contribution >= 4 is 17.0 Å². The molecule has 2 rings (SSSR count). The average Bonchev–Trinajstić information content (AvgIpc) is 2.63. The Hall–Kier alpha value is -1.81. The molecule has 0 saturated carbocycles. The van der Waals surface area contributed by atoms with Gasteiger partial charge in [-0.3, -0.25) is 4.57 Å². The van der Waals surface area contributed by atoms with Crippen molar-refractivity contribution in [1.29, 1.82) is 0 Å². The van der Waals surface area contributed by atoms with Gasteiger partial charge in [0.25, 0.3) is 0 Å². The van der Waals surface area contributed by atoms with Crippen LogP contribution in [0, 0.1) is 6.92 Å².